The molecule has 3 N–H and O–H groups in total. The Hall–Kier alpha value is -2.30. The average molecular weight is 217 g/mol. The number of aromatic nitrogens is 2. The van der Waals surface area contributed by atoms with Crippen LogP contribution in [0.2, 0.25) is 0 Å². The third kappa shape index (κ3) is 1.75. The maximum atomic E-state index is 11.0. The van der Waals surface area contributed by atoms with Crippen molar-refractivity contribution in [3.05, 3.63) is 36.0 Å². The minimum absolute atomic E-state index is 0.187. The number of carboxylic acid groups (broad SMARTS) is 1. The van der Waals surface area contributed by atoms with Crippen LogP contribution in [0.3, 0.4) is 0 Å². The number of hydrogen-bond donors (Lipinski definition) is 2. The van der Waals surface area contributed by atoms with E-state index in [0.717, 1.165) is 5.56 Å². The van der Waals surface area contributed by atoms with E-state index in [1.165, 1.54) is 10.9 Å². The first-order chi connectivity index (χ1) is 7.58. The third-order valence-electron chi connectivity index (χ3n) is 2.24. The molecule has 0 radical (unpaired) electrons. The summed E-state index contributed by atoms with van der Waals surface area (Å²) < 4.78 is 1.48. The predicted octanol–water partition coefficient (Wildman–Crippen LogP) is 1.37. The standard InChI is InChI=1S/C11H11N3O2/c1-14-6-9(11(15)16)10(13-14)7-2-4-8(12)5-3-7/h2-6H,12H2,1H3,(H,15,16). The number of anilines is 1. The van der Waals surface area contributed by atoms with Crippen LogP contribution in [0.5, 0.6) is 0 Å². The Morgan fingerprint density at radius 1 is 1.38 bits per heavy atom. The van der Waals surface area contributed by atoms with Gasteiger partial charge in [-0.1, -0.05) is 12.1 Å². The van der Waals surface area contributed by atoms with Gasteiger partial charge >= 0.3 is 5.97 Å². The lowest BCUT2D eigenvalue weighted by Gasteiger charge is -1.99. The quantitative estimate of drug-likeness (QED) is 0.744. The average Bonchev–Trinajstić information content (AvgIpc) is 2.61. The zero-order valence-electron chi connectivity index (χ0n) is 8.71. The van der Waals surface area contributed by atoms with Crippen molar-refractivity contribution in [3.63, 3.8) is 0 Å². The van der Waals surface area contributed by atoms with Crippen molar-refractivity contribution in [2.24, 2.45) is 7.05 Å². The number of rotatable bonds is 2. The molecule has 0 atom stereocenters. The van der Waals surface area contributed by atoms with Crippen molar-refractivity contribution in [2.45, 2.75) is 0 Å². The largest absolute Gasteiger partial charge is 0.478 e. The lowest BCUT2D eigenvalue weighted by atomic mass is 10.1. The number of nitrogen functional groups attached to an aromatic ring is 1. The fourth-order valence-corrected chi connectivity index (χ4v) is 1.50. The highest BCUT2D eigenvalue weighted by molar-refractivity contribution is 5.94. The summed E-state index contributed by atoms with van der Waals surface area (Å²) in [7, 11) is 1.69. The molecule has 0 aliphatic heterocycles. The van der Waals surface area contributed by atoms with E-state index in [9.17, 15) is 4.79 Å². The van der Waals surface area contributed by atoms with Crippen LogP contribution in [0.15, 0.2) is 30.5 Å². The normalized spacial score (nSPS) is 10.3. The molecule has 0 fully saturated rings. The molecule has 0 amide bonds. The summed E-state index contributed by atoms with van der Waals surface area (Å²) in [5.74, 6) is -0.986. The van der Waals surface area contributed by atoms with Gasteiger partial charge in [-0.2, -0.15) is 5.10 Å². The van der Waals surface area contributed by atoms with Gasteiger partial charge in [-0.25, -0.2) is 4.79 Å². The molecule has 1 heterocycles. The van der Waals surface area contributed by atoms with Crippen molar-refractivity contribution in [3.8, 4) is 11.3 Å². The minimum atomic E-state index is -0.986. The Morgan fingerprint density at radius 2 is 2.00 bits per heavy atom. The van der Waals surface area contributed by atoms with Crippen LogP contribution in [0, 0.1) is 0 Å². The first kappa shape index (κ1) is 10.2. The summed E-state index contributed by atoms with van der Waals surface area (Å²) in [5, 5.41) is 13.1. The van der Waals surface area contributed by atoms with Crippen molar-refractivity contribution >= 4 is 11.7 Å². The number of carbonyl (C=O) groups is 1. The summed E-state index contributed by atoms with van der Waals surface area (Å²) in [5.41, 5.74) is 7.59. The van der Waals surface area contributed by atoms with E-state index in [0.29, 0.717) is 11.4 Å². The predicted molar refractivity (Wildman–Crippen MR) is 60.0 cm³/mol. The minimum Gasteiger partial charge on any atom is -0.478 e. The number of aromatic carboxylic acids is 1. The van der Waals surface area contributed by atoms with Crippen LogP contribution in [0.25, 0.3) is 11.3 Å². The fourth-order valence-electron chi connectivity index (χ4n) is 1.50. The number of benzene rings is 1. The maximum Gasteiger partial charge on any atom is 0.339 e. The monoisotopic (exact) mass is 217 g/mol. The molecule has 0 unspecified atom stereocenters. The second kappa shape index (κ2) is 3.69. The second-order valence-corrected chi connectivity index (χ2v) is 3.49. The Labute approximate surface area is 92.1 Å². The van der Waals surface area contributed by atoms with Crippen LogP contribution < -0.4 is 5.73 Å². The zero-order chi connectivity index (χ0) is 11.7. The van der Waals surface area contributed by atoms with E-state index < -0.39 is 5.97 Å². The SMILES string of the molecule is Cn1cc(C(=O)O)c(-c2ccc(N)cc2)n1. The third-order valence-corrected chi connectivity index (χ3v) is 2.24. The highest BCUT2D eigenvalue weighted by atomic mass is 16.4. The van der Waals surface area contributed by atoms with Crippen LogP contribution >= 0.6 is 0 Å². The van der Waals surface area contributed by atoms with Gasteiger partial charge in [-0.15, -0.1) is 0 Å². The van der Waals surface area contributed by atoms with Gasteiger partial charge in [-0.05, 0) is 12.1 Å². The fraction of sp³-hybridized carbons (Fsp3) is 0.0909. The molecule has 16 heavy (non-hydrogen) atoms. The molecule has 0 saturated heterocycles. The first-order valence-corrected chi connectivity index (χ1v) is 4.71. The maximum absolute atomic E-state index is 11.0. The molecule has 1 aromatic carbocycles. The van der Waals surface area contributed by atoms with Crippen LogP contribution in [-0.4, -0.2) is 20.9 Å². The molecule has 0 saturated carbocycles. The van der Waals surface area contributed by atoms with Gasteiger partial charge in [0.05, 0.1) is 0 Å². The molecule has 0 bridgehead atoms. The summed E-state index contributed by atoms with van der Waals surface area (Å²) in [6, 6.07) is 6.94. The van der Waals surface area contributed by atoms with Crippen molar-refractivity contribution in [2.75, 3.05) is 5.73 Å². The molecular formula is C11H11N3O2. The summed E-state index contributed by atoms with van der Waals surface area (Å²) in [6.07, 6.45) is 1.48. The molecule has 1 aromatic heterocycles. The van der Waals surface area contributed by atoms with Crippen LogP contribution in [0.4, 0.5) is 5.69 Å². The Morgan fingerprint density at radius 3 is 2.56 bits per heavy atom. The van der Waals surface area contributed by atoms with Crippen LogP contribution in [0.1, 0.15) is 10.4 Å². The molecule has 5 heteroatoms. The number of nitrogens with two attached hydrogens (primary N) is 1. The molecule has 0 aliphatic rings. The van der Waals surface area contributed by atoms with Crippen molar-refractivity contribution < 1.29 is 9.90 Å². The van der Waals surface area contributed by atoms with E-state index in [-0.39, 0.29) is 5.56 Å². The molecule has 2 aromatic rings. The molecule has 0 aliphatic carbocycles. The van der Waals surface area contributed by atoms with Gasteiger partial charge in [0.15, 0.2) is 0 Å². The highest BCUT2D eigenvalue weighted by Gasteiger charge is 2.15. The highest BCUT2D eigenvalue weighted by Crippen LogP contribution is 2.22. The van der Waals surface area contributed by atoms with E-state index in [4.69, 9.17) is 10.8 Å². The summed E-state index contributed by atoms with van der Waals surface area (Å²) in [4.78, 5) is 11.0. The van der Waals surface area contributed by atoms with Crippen LogP contribution in [-0.2, 0) is 7.05 Å². The molecular weight excluding hydrogens is 206 g/mol. The number of nitrogens with zero attached hydrogens (tertiary/aromatic N) is 2. The zero-order valence-corrected chi connectivity index (χ0v) is 8.71. The lowest BCUT2D eigenvalue weighted by molar-refractivity contribution is 0.0697. The van der Waals surface area contributed by atoms with E-state index in [2.05, 4.69) is 5.10 Å². The molecule has 0 spiro atoms. The smallest absolute Gasteiger partial charge is 0.339 e. The van der Waals surface area contributed by atoms with Gasteiger partial charge in [0.2, 0.25) is 0 Å². The Balaban J connectivity index is 2.55. The number of hydrogen-bond acceptors (Lipinski definition) is 3. The topological polar surface area (TPSA) is 81.1 Å². The molecule has 82 valence electrons. The van der Waals surface area contributed by atoms with E-state index >= 15 is 0 Å². The van der Waals surface area contributed by atoms with E-state index in [1.807, 2.05) is 0 Å². The number of carboxylic acids is 1. The van der Waals surface area contributed by atoms with Gasteiger partial charge in [0.1, 0.15) is 11.3 Å². The lowest BCUT2D eigenvalue weighted by Crippen LogP contribution is -1.96. The summed E-state index contributed by atoms with van der Waals surface area (Å²) in [6.45, 7) is 0. The Kier molecular flexibility index (Phi) is 2.36. The van der Waals surface area contributed by atoms with Crippen molar-refractivity contribution in [1.29, 1.82) is 0 Å². The molecule has 2 rings (SSSR count). The van der Waals surface area contributed by atoms with Gasteiger partial charge < -0.3 is 10.8 Å². The first-order valence-electron chi connectivity index (χ1n) is 4.71. The molecule has 5 nitrogen and oxygen atoms in total. The second-order valence-electron chi connectivity index (χ2n) is 3.49. The van der Waals surface area contributed by atoms with Gasteiger partial charge in [0, 0.05) is 24.5 Å². The van der Waals surface area contributed by atoms with Crippen molar-refractivity contribution in [1.82, 2.24) is 9.78 Å². The van der Waals surface area contributed by atoms with Gasteiger partial charge in [0.25, 0.3) is 0 Å². The number of aryl methyl sites for hydroxylation is 1. The van der Waals surface area contributed by atoms with Gasteiger partial charge in [-0.3, -0.25) is 4.68 Å². The van der Waals surface area contributed by atoms with E-state index in [1.54, 1.807) is 31.3 Å². The Bertz CT molecular complexity index is 529. The summed E-state index contributed by atoms with van der Waals surface area (Å²) >= 11 is 0.